The summed E-state index contributed by atoms with van der Waals surface area (Å²) in [6, 6.07) is 17.9. The first-order chi connectivity index (χ1) is 21.3. The quantitative estimate of drug-likeness (QED) is 0.294. The van der Waals surface area contributed by atoms with Crippen LogP contribution in [0.5, 0.6) is 17.2 Å². The van der Waals surface area contributed by atoms with E-state index < -0.39 is 0 Å². The number of carboxylic acid groups (broad SMARTS) is 1. The van der Waals surface area contributed by atoms with Crippen LogP contribution in [-0.4, -0.2) is 77.0 Å². The number of carbonyl (C=O) groups excluding carboxylic acids is 2. The smallest absolute Gasteiger partial charge is 0.290 e. The molecule has 1 fully saturated rings. The molecule has 0 aliphatic carbocycles. The Morgan fingerprint density at radius 1 is 1.14 bits per heavy atom. The van der Waals surface area contributed by atoms with Gasteiger partial charge in [-0.25, -0.2) is 0 Å². The first-order valence-corrected chi connectivity index (χ1v) is 14.2. The summed E-state index contributed by atoms with van der Waals surface area (Å²) >= 11 is 6.56. The number of nitrogens with zero attached hydrogens (tertiary/aromatic N) is 3. The van der Waals surface area contributed by atoms with Gasteiger partial charge in [0, 0.05) is 44.2 Å². The number of hydrogen-bond acceptors (Lipinski definition) is 8. The molecular weight excluding hydrogens is 590 g/mol. The maximum absolute atomic E-state index is 13.4. The highest BCUT2D eigenvalue weighted by Gasteiger charge is 2.36. The Labute approximate surface area is 258 Å². The summed E-state index contributed by atoms with van der Waals surface area (Å²) in [5.74, 6) is 0.841. The van der Waals surface area contributed by atoms with Gasteiger partial charge in [0.25, 0.3) is 18.3 Å². The highest BCUT2D eigenvalue weighted by atomic mass is 35.5. The number of carbonyl (C=O) groups is 3. The SMILES string of the molecule is COc1ccc2cc1OCC(=O)NCc1ccc(cc1)O[C@H]1CN(Cc3nn(C)c4cccc(Cl)c34)C[C@@H]1NC2=O.O=CO. The number of methoxy groups -OCH3 is 1. The molecule has 4 aromatic rings. The summed E-state index contributed by atoms with van der Waals surface area (Å²) in [5.41, 5.74) is 3.14. The molecule has 4 heterocycles. The zero-order chi connectivity index (χ0) is 31.2. The van der Waals surface area contributed by atoms with Gasteiger partial charge in [-0.3, -0.25) is 24.0 Å². The number of ether oxygens (including phenoxy) is 3. The summed E-state index contributed by atoms with van der Waals surface area (Å²) < 4.78 is 19.4. The number of hydrogen-bond donors (Lipinski definition) is 3. The van der Waals surface area contributed by atoms with Gasteiger partial charge >= 0.3 is 0 Å². The predicted octanol–water partition coefficient (Wildman–Crippen LogP) is 3.01. The van der Waals surface area contributed by atoms with Gasteiger partial charge < -0.3 is 30.0 Å². The van der Waals surface area contributed by atoms with Crippen LogP contribution in [0.15, 0.2) is 60.7 Å². The van der Waals surface area contributed by atoms with E-state index in [1.807, 2.05) is 54.2 Å². The third-order valence-electron chi connectivity index (χ3n) is 7.42. The minimum absolute atomic E-state index is 0.214. The van der Waals surface area contributed by atoms with E-state index in [1.165, 1.54) is 7.11 Å². The number of fused-ring (bicyclic) bond motifs is 8. The molecule has 3 aliphatic rings. The average Bonchev–Trinajstić information content (AvgIpc) is 3.54. The van der Waals surface area contributed by atoms with Crippen LogP contribution < -0.4 is 24.8 Å². The van der Waals surface area contributed by atoms with Crippen molar-refractivity contribution in [2.45, 2.75) is 25.2 Å². The van der Waals surface area contributed by atoms with Crippen molar-refractivity contribution < 1.29 is 33.7 Å². The van der Waals surface area contributed by atoms with Gasteiger partial charge in [-0.15, -0.1) is 0 Å². The fraction of sp³-hybridized carbons (Fsp3) is 0.290. The monoisotopic (exact) mass is 621 g/mol. The molecule has 0 radical (unpaired) electrons. The molecule has 230 valence electrons. The van der Waals surface area contributed by atoms with E-state index in [1.54, 1.807) is 18.2 Å². The van der Waals surface area contributed by atoms with Crippen molar-refractivity contribution in [2.75, 3.05) is 26.8 Å². The van der Waals surface area contributed by atoms with Crippen molar-refractivity contribution in [1.82, 2.24) is 25.3 Å². The van der Waals surface area contributed by atoms with Gasteiger partial charge in [-0.05, 0) is 48.0 Å². The molecule has 0 unspecified atom stereocenters. The molecule has 3 aromatic carbocycles. The zero-order valence-corrected chi connectivity index (χ0v) is 24.9. The number of halogens is 1. The van der Waals surface area contributed by atoms with Crippen LogP contribution in [0.3, 0.4) is 0 Å². The maximum atomic E-state index is 13.4. The maximum Gasteiger partial charge on any atom is 0.290 e. The number of benzene rings is 3. The second-order valence-electron chi connectivity index (χ2n) is 10.3. The number of nitrogens with one attached hydrogen (secondary N) is 2. The van der Waals surface area contributed by atoms with Crippen LogP contribution in [0, 0.1) is 0 Å². The molecule has 44 heavy (non-hydrogen) atoms. The van der Waals surface area contributed by atoms with Gasteiger partial charge in [0.05, 0.1) is 29.4 Å². The number of likely N-dealkylation sites (tertiary alicyclic amines) is 1. The number of aromatic nitrogens is 2. The van der Waals surface area contributed by atoms with Gasteiger partial charge in [0.2, 0.25) is 0 Å². The lowest BCUT2D eigenvalue weighted by Crippen LogP contribution is -2.45. The van der Waals surface area contributed by atoms with E-state index in [9.17, 15) is 9.59 Å². The molecule has 1 saturated heterocycles. The molecule has 0 saturated carbocycles. The van der Waals surface area contributed by atoms with Gasteiger partial charge in [0.15, 0.2) is 18.1 Å². The summed E-state index contributed by atoms with van der Waals surface area (Å²) in [6.45, 7) is 1.55. The fourth-order valence-electron chi connectivity index (χ4n) is 5.35. The van der Waals surface area contributed by atoms with Gasteiger partial charge in [0.1, 0.15) is 11.9 Å². The second kappa shape index (κ2) is 13.7. The Bertz CT molecular complexity index is 1660. The third kappa shape index (κ3) is 6.87. The highest BCUT2D eigenvalue weighted by molar-refractivity contribution is 6.35. The summed E-state index contributed by atoms with van der Waals surface area (Å²) in [4.78, 5) is 36.4. The standard InChI is InChI=1S/C30H30ClN5O5.CH2O2/c1-35-24-5-3-4-21(31)29(24)23(34-35)15-36-14-22-27(16-36)41-20-9-6-18(7-10-20)13-32-28(37)17-40-26-12-19(30(38)33-22)8-11-25(26)39-2;2-1-3/h3-12,22,27H,13-17H2,1-2H3,(H,32,37)(H,33,38);1H,(H,2,3)/t22-,27-;/m0./s1. The largest absolute Gasteiger partial charge is 0.493 e. The summed E-state index contributed by atoms with van der Waals surface area (Å²) in [5, 5.41) is 19.2. The van der Waals surface area contributed by atoms with Crippen LogP contribution in [0.25, 0.3) is 10.9 Å². The lowest BCUT2D eigenvalue weighted by molar-refractivity contribution is -0.123. The zero-order valence-electron chi connectivity index (χ0n) is 24.2. The number of amides is 2. The van der Waals surface area contributed by atoms with Crippen LogP contribution in [0.2, 0.25) is 5.02 Å². The molecule has 1 aromatic heterocycles. The van der Waals surface area contributed by atoms with Crippen LogP contribution in [-0.2, 0) is 29.7 Å². The number of aryl methyl sites for hydroxylation is 1. The molecule has 3 aliphatic heterocycles. The second-order valence-corrected chi connectivity index (χ2v) is 10.7. The van der Waals surface area contributed by atoms with Crippen LogP contribution in [0.1, 0.15) is 21.6 Å². The van der Waals surface area contributed by atoms with Gasteiger partial charge in [-0.2, -0.15) is 5.10 Å². The Hall–Kier alpha value is -4.81. The minimum Gasteiger partial charge on any atom is -0.493 e. The molecule has 2 amide bonds. The van der Waals surface area contributed by atoms with Crippen LogP contribution >= 0.6 is 11.6 Å². The topological polar surface area (TPSA) is 144 Å². The molecular formula is C31H32ClN5O7. The lowest BCUT2D eigenvalue weighted by atomic mass is 10.1. The van der Waals surface area contributed by atoms with Crippen molar-refractivity contribution in [1.29, 1.82) is 0 Å². The molecule has 4 bridgehead atoms. The molecule has 13 heteroatoms. The lowest BCUT2D eigenvalue weighted by Gasteiger charge is -2.21. The molecule has 7 rings (SSSR count). The van der Waals surface area contributed by atoms with Crippen molar-refractivity contribution in [3.05, 3.63) is 82.5 Å². The molecule has 12 nitrogen and oxygen atoms in total. The molecule has 3 N–H and O–H groups in total. The van der Waals surface area contributed by atoms with E-state index >= 15 is 0 Å². The molecule has 0 spiro atoms. The average molecular weight is 622 g/mol. The fourth-order valence-corrected chi connectivity index (χ4v) is 5.63. The first-order valence-electron chi connectivity index (χ1n) is 13.8. The van der Waals surface area contributed by atoms with E-state index in [4.69, 9.17) is 40.8 Å². The normalized spacial score (nSPS) is 18.5. The van der Waals surface area contributed by atoms with Crippen molar-refractivity contribution in [2.24, 2.45) is 7.05 Å². The Kier molecular flexibility index (Phi) is 9.51. The van der Waals surface area contributed by atoms with Gasteiger partial charge in [-0.1, -0.05) is 29.8 Å². The third-order valence-corrected chi connectivity index (χ3v) is 7.73. The van der Waals surface area contributed by atoms with E-state index in [0.717, 1.165) is 22.2 Å². The Morgan fingerprint density at radius 3 is 2.66 bits per heavy atom. The van der Waals surface area contributed by atoms with E-state index in [-0.39, 0.29) is 37.0 Å². The first kappa shape index (κ1) is 30.6. The predicted molar refractivity (Wildman–Crippen MR) is 162 cm³/mol. The number of rotatable bonds is 3. The van der Waals surface area contributed by atoms with Crippen molar-refractivity contribution in [3.63, 3.8) is 0 Å². The highest BCUT2D eigenvalue weighted by Crippen LogP contribution is 2.30. The summed E-state index contributed by atoms with van der Waals surface area (Å²) in [6.07, 6.45) is -0.320. The minimum atomic E-state index is -0.320. The van der Waals surface area contributed by atoms with Crippen molar-refractivity contribution in [3.8, 4) is 17.2 Å². The van der Waals surface area contributed by atoms with Crippen molar-refractivity contribution >= 4 is 40.8 Å². The Morgan fingerprint density at radius 2 is 1.91 bits per heavy atom. The Balaban J connectivity index is 0.00000123. The van der Waals surface area contributed by atoms with E-state index in [0.29, 0.717) is 54.0 Å². The molecule has 2 atom stereocenters. The summed E-state index contributed by atoms with van der Waals surface area (Å²) in [7, 11) is 3.41. The van der Waals surface area contributed by atoms with Crippen LogP contribution in [0.4, 0.5) is 0 Å². The van der Waals surface area contributed by atoms with E-state index in [2.05, 4.69) is 15.5 Å².